The second kappa shape index (κ2) is 7.18. The van der Waals surface area contributed by atoms with Crippen LogP contribution in [0.4, 0.5) is 0 Å². The molecule has 0 saturated carbocycles. The quantitative estimate of drug-likeness (QED) is 0.637. The van der Waals surface area contributed by atoms with Crippen LogP contribution in [0.3, 0.4) is 0 Å². The number of hydrogen-bond acceptors (Lipinski definition) is 2. The predicted octanol–water partition coefficient (Wildman–Crippen LogP) is 2.49. The van der Waals surface area contributed by atoms with Gasteiger partial charge in [0.2, 0.25) is 0 Å². The van der Waals surface area contributed by atoms with E-state index in [9.17, 15) is 4.79 Å². The van der Waals surface area contributed by atoms with Crippen molar-refractivity contribution in [3.8, 4) is 0 Å². The molecule has 0 fully saturated rings. The lowest BCUT2D eigenvalue weighted by Crippen LogP contribution is -2.25. The first-order valence-corrected chi connectivity index (χ1v) is 5.56. The monoisotopic (exact) mass is 205 g/mol. The highest BCUT2D eigenvalue weighted by molar-refractivity contribution is 5.49. The van der Waals surface area contributed by atoms with Gasteiger partial charge in [-0.15, -0.1) is 0 Å². The number of aldehydes is 1. The van der Waals surface area contributed by atoms with Crippen molar-refractivity contribution in [3.05, 3.63) is 35.9 Å². The van der Waals surface area contributed by atoms with Crippen molar-refractivity contribution in [2.75, 3.05) is 13.1 Å². The van der Waals surface area contributed by atoms with Crippen molar-refractivity contribution in [3.63, 3.8) is 0 Å². The summed E-state index contributed by atoms with van der Waals surface area (Å²) in [5, 5.41) is 0. The molecule has 0 aliphatic rings. The van der Waals surface area contributed by atoms with Crippen molar-refractivity contribution >= 4 is 6.29 Å². The third-order valence-corrected chi connectivity index (χ3v) is 2.35. The van der Waals surface area contributed by atoms with Gasteiger partial charge in [0.15, 0.2) is 0 Å². The molecule has 0 atom stereocenters. The Bertz CT molecular complexity index is 271. The summed E-state index contributed by atoms with van der Waals surface area (Å²) in [6.45, 7) is 5.04. The van der Waals surface area contributed by atoms with Gasteiger partial charge in [0.05, 0.1) is 0 Å². The average Bonchev–Trinajstić information content (AvgIpc) is 2.28. The van der Waals surface area contributed by atoms with Gasteiger partial charge in [0.25, 0.3) is 0 Å². The Labute approximate surface area is 91.9 Å². The van der Waals surface area contributed by atoms with Crippen molar-refractivity contribution in [1.82, 2.24) is 4.90 Å². The zero-order valence-corrected chi connectivity index (χ0v) is 9.36. The molecule has 2 heteroatoms. The highest BCUT2D eigenvalue weighted by atomic mass is 16.1. The summed E-state index contributed by atoms with van der Waals surface area (Å²) in [5.74, 6) is 0. The SMILES string of the molecule is CCCN(CCC=O)Cc1ccccc1. The first-order valence-electron chi connectivity index (χ1n) is 5.56. The van der Waals surface area contributed by atoms with Crippen LogP contribution < -0.4 is 0 Å². The maximum atomic E-state index is 10.3. The van der Waals surface area contributed by atoms with Gasteiger partial charge in [-0.1, -0.05) is 37.3 Å². The van der Waals surface area contributed by atoms with E-state index in [0.29, 0.717) is 6.42 Å². The number of rotatable bonds is 7. The summed E-state index contributed by atoms with van der Waals surface area (Å²) in [7, 11) is 0. The molecule has 0 unspecified atom stereocenters. The molecule has 0 amide bonds. The Morgan fingerprint density at radius 2 is 1.93 bits per heavy atom. The van der Waals surface area contributed by atoms with Gasteiger partial charge >= 0.3 is 0 Å². The molecule has 1 rings (SSSR count). The van der Waals surface area contributed by atoms with Crippen LogP contribution in [0.5, 0.6) is 0 Å². The minimum absolute atomic E-state index is 0.632. The van der Waals surface area contributed by atoms with E-state index in [1.165, 1.54) is 5.56 Å². The standard InChI is InChI=1S/C13H19NO/c1-2-9-14(10-6-11-15)12-13-7-4-3-5-8-13/h3-5,7-8,11H,2,6,9-10,12H2,1H3. The van der Waals surface area contributed by atoms with Gasteiger partial charge in [-0.2, -0.15) is 0 Å². The summed E-state index contributed by atoms with van der Waals surface area (Å²) in [6.07, 6.45) is 2.76. The topological polar surface area (TPSA) is 20.3 Å². The van der Waals surface area contributed by atoms with Gasteiger partial charge in [-0.25, -0.2) is 0 Å². The second-order valence-electron chi connectivity index (χ2n) is 3.72. The Balaban J connectivity index is 2.46. The first-order chi connectivity index (χ1) is 7.36. The number of carbonyl (C=O) groups excluding carboxylic acids is 1. The summed E-state index contributed by atoms with van der Waals surface area (Å²) >= 11 is 0. The van der Waals surface area contributed by atoms with Crippen LogP contribution in [-0.4, -0.2) is 24.3 Å². The third-order valence-electron chi connectivity index (χ3n) is 2.35. The largest absolute Gasteiger partial charge is 0.303 e. The van der Waals surface area contributed by atoms with E-state index in [1.54, 1.807) is 0 Å². The summed E-state index contributed by atoms with van der Waals surface area (Å²) < 4.78 is 0. The zero-order chi connectivity index (χ0) is 10.9. The molecule has 1 aromatic carbocycles. The molecule has 0 bridgehead atoms. The Morgan fingerprint density at radius 1 is 1.20 bits per heavy atom. The molecule has 0 radical (unpaired) electrons. The molecule has 0 heterocycles. The fraction of sp³-hybridized carbons (Fsp3) is 0.462. The minimum atomic E-state index is 0.632. The second-order valence-corrected chi connectivity index (χ2v) is 3.72. The smallest absolute Gasteiger partial charge is 0.121 e. The summed E-state index contributed by atoms with van der Waals surface area (Å²) in [4.78, 5) is 12.7. The third kappa shape index (κ3) is 4.75. The molecule has 82 valence electrons. The van der Waals surface area contributed by atoms with Crippen molar-refractivity contribution in [2.24, 2.45) is 0 Å². The van der Waals surface area contributed by atoms with Gasteiger partial charge in [-0.05, 0) is 18.5 Å². The number of carbonyl (C=O) groups is 1. The van der Waals surface area contributed by atoms with Crippen LogP contribution in [-0.2, 0) is 11.3 Å². The van der Waals surface area contributed by atoms with Crippen LogP contribution in [0.25, 0.3) is 0 Å². The van der Waals surface area contributed by atoms with Crippen molar-refractivity contribution in [2.45, 2.75) is 26.3 Å². The van der Waals surface area contributed by atoms with Crippen molar-refractivity contribution < 1.29 is 4.79 Å². The van der Waals surface area contributed by atoms with Gasteiger partial charge in [0, 0.05) is 19.5 Å². The first kappa shape index (κ1) is 11.9. The summed E-state index contributed by atoms with van der Waals surface area (Å²) in [6, 6.07) is 10.4. The van der Waals surface area contributed by atoms with Crippen molar-refractivity contribution in [1.29, 1.82) is 0 Å². The minimum Gasteiger partial charge on any atom is -0.303 e. The molecular weight excluding hydrogens is 186 g/mol. The summed E-state index contributed by atoms with van der Waals surface area (Å²) in [5.41, 5.74) is 1.32. The molecule has 0 aliphatic heterocycles. The van der Waals surface area contributed by atoms with E-state index in [1.807, 2.05) is 6.07 Å². The normalized spacial score (nSPS) is 10.5. The number of hydrogen-bond donors (Lipinski definition) is 0. The number of nitrogens with zero attached hydrogens (tertiary/aromatic N) is 1. The van der Waals surface area contributed by atoms with Crippen LogP contribution >= 0.6 is 0 Å². The van der Waals surface area contributed by atoms with Crippen LogP contribution in [0, 0.1) is 0 Å². The van der Waals surface area contributed by atoms with E-state index in [4.69, 9.17) is 0 Å². The molecule has 15 heavy (non-hydrogen) atoms. The lowest BCUT2D eigenvalue weighted by Gasteiger charge is -2.20. The van der Waals surface area contributed by atoms with E-state index in [-0.39, 0.29) is 0 Å². The fourth-order valence-electron chi connectivity index (χ4n) is 1.66. The molecule has 0 N–H and O–H groups in total. The molecule has 0 saturated heterocycles. The van der Waals surface area contributed by atoms with Gasteiger partial charge < -0.3 is 4.79 Å². The highest BCUT2D eigenvalue weighted by Crippen LogP contribution is 2.05. The fourth-order valence-corrected chi connectivity index (χ4v) is 1.66. The molecule has 0 aromatic heterocycles. The van der Waals surface area contributed by atoms with E-state index in [0.717, 1.165) is 32.3 Å². The van der Waals surface area contributed by atoms with Gasteiger partial charge in [-0.3, -0.25) is 4.90 Å². The van der Waals surface area contributed by atoms with Crippen LogP contribution in [0.2, 0.25) is 0 Å². The zero-order valence-electron chi connectivity index (χ0n) is 9.36. The average molecular weight is 205 g/mol. The van der Waals surface area contributed by atoms with Crippen LogP contribution in [0.15, 0.2) is 30.3 Å². The maximum absolute atomic E-state index is 10.3. The molecule has 2 nitrogen and oxygen atoms in total. The Hall–Kier alpha value is -1.15. The molecule has 0 spiro atoms. The highest BCUT2D eigenvalue weighted by Gasteiger charge is 2.03. The molecule has 1 aromatic rings. The van der Waals surface area contributed by atoms with E-state index < -0.39 is 0 Å². The Kier molecular flexibility index (Phi) is 5.71. The Morgan fingerprint density at radius 3 is 2.53 bits per heavy atom. The predicted molar refractivity (Wildman–Crippen MR) is 62.7 cm³/mol. The maximum Gasteiger partial charge on any atom is 0.121 e. The van der Waals surface area contributed by atoms with E-state index >= 15 is 0 Å². The van der Waals surface area contributed by atoms with Crippen LogP contribution in [0.1, 0.15) is 25.3 Å². The lowest BCUT2D eigenvalue weighted by molar-refractivity contribution is -0.108. The molecule has 0 aliphatic carbocycles. The van der Waals surface area contributed by atoms with Gasteiger partial charge in [0.1, 0.15) is 6.29 Å². The van der Waals surface area contributed by atoms with E-state index in [2.05, 4.69) is 36.1 Å². The number of benzene rings is 1. The molecular formula is C13H19NO. The lowest BCUT2D eigenvalue weighted by atomic mass is 10.2.